The van der Waals surface area contributed by atoms with Crippen LogP contribution in [-0.4, -0.2) is 0 Å². The van der Waals surface area contributed by atoms with Crippen LogP contribution in [0.25, 0.3) is 16.7 Å². The van der Waals surface area contributed by atoms with E-state index in [1.807, 2.05) is 117 Å². The van der Waals surface area contributed by atoms with Crippen LogP contribution in [0, 0.1) is 0 Å². The van der Waals surface area contributed by atoms with Gasteiger partial charge in [0.2, 0.25) is 0 Å². The fourth-order valence-electron chi connectivity index (χ4n) is 3.64. The number of rotatable bonds is 2. The minimum Gasteiger partial charge on any atom is -0.143 e. The Labute approximate surface area is 228 Å². The molecule has 0 nitrogen and oxygen atoms in total. The number of thiophene rings is 2. The van der Waals surface area contributed by atoms with Gasteiger partial charge in [0.05, 0.1) is 16.9 Å². The second kappa shape index (κ2) is 9.11. The molecule has 4 aliphatic heterocycles. The maximum Gasteiger partial charge on any atom is 0.0700 e. The molecular weight excluding hydrogens is 585 g/mol. The predicted molar refractivity (Wildman–Crippen MR) is 163 cm³/mol. The van der Waals surface area contributed by atoms with E-state index in [-0.39, 0.29) is 0 Å². The Morgan fingerprint density at radius 1 is 0.531 bits per heavy atom. The van der Waals surface area contributed by atoms with Crippen molar-refractivity contribution in [2.24, 2.45) is 0 Å². The topological polar surface area (TPSA) is 0 Å². The smallest absolute Gasteiger partial charge is 0.0700 e. The molecule has 0 saturated carbocycles. The summed E-state index contributed by atoms with van der Waals surface area (Å²) in [4.78, 5) is 5.63. The Balaban J connectivity index is 1.36. The van der Waals surface area contributed by atoms with Crippen LogP contribution in [0.5, 0.6) is 0 Å². The van der Waals surface area contributed by atoms with Crippen molar-refractivity contribution in [3.8, 4) is 11.1 Å². The second-order valence-electron chi connectivity index (χ2n) is 6.65. The van der Waals surface area contributed by atoms with Gasteiger partial charge in [0.15, 0.2) is 0 Å². The average molecular weight is 595 g/mol. The van der Waals surface area contributed by atoms with Crippen LogP contribution < -0.4 is 0 Å². The molecule has 32 heavy (non-hydrogen) atoms. The number of hydrogen-bond donors (Lipinski definition) is 0. The summed E-state index contributed by atoms with van der Waals surface area (Å²) in [6.07, 6.45) is 0. The van der Waals surface area contributed by atoms with Crippen molar-refractivity contribution in [2.75, 3.05) is 0 Å². The Morgan fingerprint density at radius 3 is 1.47 bits per heavy atom. The molecule has 0 atom stereocenters. The molecule has 0 fully saturated rings. The van der Waals surface area contributed by atoms with Crippen molar-refractivity contribution in [1.82, 2.24) is 0 Å². The summed E-state index contributed by atoms with van der Waals surface area (Å²) in [6.45, 7) is 0. The summed E-state index contributed by atoms with van der Waals surface area (Å²) >= 11 is 18.8. The summed E-state index contributed by atoms with van der Waals surface area (Å²) in [6, 6.07) is 4.59. The van der Waals surface area contributed by atoms with Gasteiger partial charge in [-0.15, -0.1) is 22.7 Å². The lowest BCUT2D eigenvalue weighted by Gasteiger charge is -2.14. The summed E-state index contributed by atoms with van der Waals surface area (Å²) in [5, 5.41) is 18.0. The first-order chi connectivity index (χ1) is 15.9. The van der Waals surface area contributed by atoms with Crippen molar-refractivity contribution in [3.05, 3.63) is 97.4 Å². The number of allylic oxidation sites excluding steroid dienone is 2. The molecule has 0 unspecified atom stereocenters. The normalized spacial score (nSPS) is 21.2. The van der Waals surface area contributed by atoms with E-state index in [0.717, 1.165) is 0 Å². The lowest BCUT2D eigenvalue weighted by molar-refractivity contribution is 1.67. The Bertz CT molecular complexity index is 1250. The van der Waals surface area contributed by atoms with Crippen LogP contribution in [-0.2, 0) is 0 Å². The van der Waals surface area contributed by atoms with Gasteiger partial charge in [0.25, 0.3) is 0 Å². The van der Waals surface area contributed by atoms with Gasteiger partial charge < -0.3 is 0 Å². The lowest BCUT2D eigenvalue weighted by Crippen LogP contribution is -1.92. The SMILES string of the molecule is C1=CSC(=C2SC=C(C(C3=CSC(=C4SC=CS4)S3)=C3c4sccc4-c4ccsc43)S2)S1. The van der Waals surface area contributed by atoms with E-state index in [9.17, 15) is 0 Å². The minimum atomic E-state index is 1.39. The number of thioether (sulfide) groups is 8. The van der Waals surface area contributed by atoms with E-state index < -0.39 is 0 Å². The van der Waals surface area contributed by atoms with Crippen molar-refractivity contribution in [3.63, 3.8) is 0 Å². The molecule has 2 aromatic rings. The van der Waals surface area contributed by atoms with Crippen LogP contribution in [0.3, 0.4) is 0 Å². The van der Waals surface area contributed by atoms with Gasteiger partial charge in [-0.1, -0.05) is 94.1 Å². The van der Waals surface area contributed by atoms with Crippen molar-refractivity contribution in [2.45, 2.75) is 0 Å². The molecule has 10 heteroatoms. The predicted octanol–water partition coefficient (Wildman–Crippen LogP) is 11.4. The third-order valence-corrected chi connectivity index (χ3v) is 16.9. The lowest BCUT2D eigenvalue weighted by atomic mass is 10.1. The highest BCUT2D eigenvalue weighted by atomic mass is 32.2. The van der Waals surface area contributed by atoms with Crippen LogP contribution in [0.1, 0.15) is 9.75 Å². The molecule has 158 valence electrons. The van der Waals surface area contributed by atoms with E-state index in [1.54, 1.807) is 0 Å². The van der Waals surface area contributed by atoms with Crippen LogP contribution in [0.4, 0.5) is 0 Å². The first-order valence-corrected chi connectivity index (χ1v) is 18.0. The molecule has 0 saturated heterocycles. The highest BCUT2D eigenvalue weighted by molar-refractivity contribution is 8.34. The number of fused-ring (bicyclic) bond motifs is 3. The summed E-state index contributed by atoms with van der Waals surface area (Å²) < 4.78 is 5.64. The van der Waals surface area contributed by atoms with E-state index in [0.29, 0.717) is 0 Å². The van der Waals surface area contributed by atoms with Gasteiger partial charge in [-0.2, -0.15) is 0 Å². The van der Waals surface area contributed by atoms with Gasteiger partial charge in [-0.25, -0.2) is 0 Å². The largest absolute Gasteiger partial charge is 0.143 e. The van der Waals surface area contributed by atoms with Crippen LogP contribution >= 0.6 is 117 Å². The third-order valence-electron chi connectivity index (χ3n) is 4.91. The summed E-state index contributed by atoms with van der Waals surface area (Å²) in [5.41, 5.74) is 5.66. The molecule has 0 N–H and O–H groups in total. The number of hydrogen-bond acceptors (Lipinski definition) is 10. The van der Waals surface area contributed by atoms with Gasteiger partial charge in [0.1, 0.15) is 0 Å². The summed E-state index contributed by atoms with van der Waals surface area (Å²) in [7, 11) is 0. The van der Waals surface area contributed by atoms with Crippen LogP contribution in [0.15, 0.2) is 87.7 Å². The second-order valence-corrected chi connectivity index (χ2v) is 17.0. The van der Waals surface area contributed by atoms with Crippen molar-refractivity contribution >= 4 is 122 Å². The zero-order valence-corrected chi connectivity index (χ0v) is 24.0. The standard InChI is InChI=1S/C22H10S10/c1-3-23-17-11(1)12-2-4-24-18(12)16(17)15(13-9-29-21(31-13)19-25-5-6-26-19)14-10-30-22(32-14)20-27-7-8-28-20/h1-10H. The Kier molecular flexibility index (Phi) is 6.16. The molecule has 0 spiro atoms. The van der Waals surface area contributed by atoms with E-state index in [1.165, 1.54) is 58.8 Å². The zero-order chi connectivity index (χ0) is 21.1. The van der Waals surface area contributed by atoms with Crippen molar-refractivity contribution in [1.29, 1.82) is 0 Å². The van der Waals surface area contributed by atoms with E-state index in [2.05, 4.69) is 55.3 Å². The molecule has 7 rings (SSSR count). The molecule has 6 heterocycles. The zero-order valence-electron chi connectivity index (χ0n) is 15.9. The molecule has 0 amide bonds. The monoisotopic (exact) mass is 594 g/mol. The molecule has 1 aliphatic carbocycles. The molecule has 5 aliphatic rings. The van der Waals surface area contributed by atoms with Gasteiger partial charge in [-0.3, -0.25) is 0 Å². The molecule has 0 bridgehead atoms. The van der Waals surface area contributed by atoms with Gasteiger partial charge in [0, 0.05) is 41.8 Å². The van der Waals surface area contributed by atoms with Crippen LogP contribution in [0.2, 0.25) is 0 Å². The van der Waals surface area contributed by atoms with E-state index in [4.69, 9.17) is 0 Å². The maximum absolute atomic E-state index is 2.38. The van der Waals surface area contributed by atoms with Gasteiger partial charge in [-0.05, 0) is 55.3 Å². The fourth-order valence-corrected chi connectivity index (χ4v) is 14.8. The highest BCUT2D eigenvalue weighted by Gasteiger charge is 2.35. The first kappa shape index (κ1) is 21.6. The Morgan fingerprint density at radius 2 is 1.00 bits per heavy atom. The van der Waals surface area contributed by atoms with Gasteiger partial charge >= 0.3 is 0 Å². The molecule has 0 aromatic carbocycles. The molecule has 2 aromatic heterocycles. The average Bonchev–Trinajstić information content (AvgIpc) is 3.65. The highest BCUT2D eigenvalue weighted by Crippen LogP contribution is 2.63. The first-order valence-electron chi connectivity index (χ1n) is 9.32. The summed E-state index contributed by atoms with van der Waals surface area (Å²) in [5.74, 6) is 0. The van der Waals surface area contributed by atoms with Crippen molar-refractivity contribution < 1.29 is 0 Å². The fraction of sp³-hybridized carbons (Fsp3) is 0. The van der Waals surface area contributed by atoms with E-state index >= 15 is 0 Å². The Hall–Kier alpha value is 0.380. The minimum absolute atomic E-state index is 1.39. The third kappa shape index (κ3) is 3.68. The maximum atomic E-state index is 2.38. The quantitative estimate of drug-likeness (QED) is 0.284. The molecular formula is C22H10S10. The molecule has 0 radical (unpaired) electrons.